The van der Waals surface area contributed by atoms with E-state index < -0.39 is 30.0 Å². The molecule has 0 aromatic heterocycles. The first kappa shape index (κ1) is 32.4. The number of nitrogens with one attached hydrogen (secondary N) is 4. The molecule has 2 aliphatic rings. The molecule has 2 aromatic carbocycles. The van der Waals surface area contributed by atoms with Gasteiger partial charge in [-0.15, -0.1) is 0 Å². The van der Waals surface area contributed by atoms with Crippen LogP contribution < -0.4 is 27.0 Å². The summed E-state index contributed by atoms with van der Waals surface area (Å²) in [6, 6.07) is 10.8. The third kappa shape index (κ3) is 7.18. The molecular formula is C33H45F3N6O. The second-order valence-electron chi connectivity index (χ2n) is 11.5. The van der Waals surface area contributed by atoms with E-state index in [0.717, 1.165) is 55.6 Å². The predicted molar refractivity (Wildman–Crippen MR) is 167 cm³/mol. The Hall–Kier alpha value is -3.50. The minimum absolute atomic E-state index is 0.0146. The van der Waals surface area contributed by atoms with E-state index in [4.69, 9.17) is 5.73 Å². The molecular weight excluding hydrogens is 553 g/mol. The van der Waals surface area contributed by atoms with Gasteiger partial charge in [0.1, 0.15) is 12.3 Å². The summed E-state index contributed by atoms with van der Waals surface area (Å²) in [5, 5.41) is 12.9. The number of nitrogens with zero attached hydrogens (tertiary/aromatic N) is 1. The van der Waals surface area contributed by atoms with Crippen LogP contribution in [0.2, 0.25) is 0 Å². The first-order valence-corrected chi connectivity index (χ1v) is 15.2. The average molecular weight is 599 g/mol. The average Bonchev–Trinajstić information content (AvgIpc) is 2.97. The van der Waals surface area contributed by atoms with E-state index in [1.807, 2.05) is 35.2 Å². The molecule has 6 N–H and O–H groups in total. The first-order valence-electron chi connectivity index (χ1n) is 15.2. The molecule has 234 valence electrons. The van der Waals surface area contributed by atoms with Crippen molar-refractivity contribution in [3.8, 4) is 0 Å². The number of amides is 1. The van der Waals surface area contributed by atoms with Gasteiger partial charge in [0.15, 0.2) is 0 Å². The number of aryl methyl sites for hydroxylation is 1. The van der Waals surface area contributed by atoms with Crippen molar-refractivity contribution in [3.63, 3.8) is 0 Å². The molecule has 7 nitrogen and oxygen atoms in total. The summed E-state index contributed by atoms with van der Waals surface area (Å²) in [6.07, 6.45) is 0.546. The lowest BCUT2D eigenvalue weighted by Crippen LogP contribution is -2.54. The van der Waals surface area contributed by atoms with Crippen LogP contribution in [0.4, 0.5) is 18.9 Å². The van der Waals surface area contributed by atoms with Crippen molar-refractivity contribution in [1.29, 1.82) is 0 Å². The molecule has 0 saturated heterocycles. The van der Waals surface area contributed by atoms with E-state index in [9.17, 15) is 18.0 Å². The fourth-order valence-corrected chi connectivity index (χ4v) is 6.19. The highest BCUT2D eigenvalue weighted by atomic mass is 19.4. The van der Waals surface area contributed by atoms with E-state index in [2.05, 4.69) is 34.8 Å². The van der Waals surface area contributed by atoms with Gasteiger partial charge in [0.05, 0.1) is 11.1 Å². The molecule has 4 atom stereocenters. The lowest BCUT2D eigenvalue weighted by atomic mass is 9.81. The van der Waals surface area contributed by atoms with Crippen LogP contribution >= 0.6 is 0 Å². The van der Waals surface area contributed by atoms with Crippen molar-refractivity contribution in [2.45, 2.75) is 77.4 Å². The maximum absolute atomic E-state index is 14.9. The van der Waals surface area contributed by atoms with Gasteiger partial charge in [-0.3, -0.25) is 9.69 Å². The monoisotopic (exact) mass is 598 g/mol. The van der Waals surface area contributed by atoms with Crippen molar-refractivity contribution in [2.75, 3.05) is 25.5 Å². The van der Waals surface area contributed by atoms with Gasteiger partial charge < -0.3 is 27.0 Å². The van der Waals surface area contributed by atoms with Gasteiger partial charge in [0, 0.05) is 53.3 Å². The molecule has 10 heteroatoms. The second-order valence-corrected chi connectivity index (χ2v) is 11.5. The summed E-state index contributed by atoms with van der Waals surface area (Å²) < 4.78 is 44.6. The van der Waals surface area contributed by atoms with Crippen LogP contribution in [0.5, 0.6) is 0 Å². The van der Waals surface area contributed by atoms with Crippen molar-refractivity contribution in [1.82, 2.24) is 20.9 Å². The van der Waals surface area contributed by atoms with Gasteiger partial charge in [-0.05, 0) is 57.9 Å². The molecule has 0 spiro atoms. The van der Waals surface area contributed by atoms with E-state index >= 15 is 0 Å². The molecule has 2 aromatic rings. The number of hydrogen-bond acceptors (Lipinski definition) is 6. The van der Waals surface area contributed by atoms with Crippen molar-refractivity contribution in [2.24, 2.45) is 11.7 Å². The number of nitrogens with two attached hydrogens (primary N) is 1. The molecule has 1 heterocycles. The molecule has 4 unspecified atom stereocenters. The van der Waals surface area contributed by atoms with E-state index in [0.29, 0.717) is 5.70 Å². The normalized spacial score (nSPS) is 22.7. The zero-order valence-electron chi connectivity index (χ0n) is 25.6. The van der Waals surface area contributed by atoms with E-state index in [-0.39, 0.29) is 35.2 Å². The third-order valence-electron chi connectivity index (χ3n) is 8.43. The number of halogens is 3. The summed E-state index contributed by atoms with van der Waals surface area (Å²) >= 11 is 0. The summed E-state index contributed by atoms with van der Waals surface area (Å²) in [6.45, 7) is 10.6. The minimum atomic E-state index is -4.76. The lowest BCUT2D eigenvalue weighted by molar-refractivity contribution is -0.139. The van der Waals surface area contributed by atoms with Crippen molar-refractivity contribution in [3.05, 3.63) is 82.6 Å². The Kier molecular flexibility index (Phi) is 10.4. The fourth-order valence-electron chi connectivity index (χ4n) is 6.19. The van der Waals surface area contributed by atoms with Gasteiger partial charge in [-0.2, -0.15) is 13.2 Å². The van der Waals surface area contributed by atoms with E-state index in [1.165, 1.54) is 13.0 Å². The molecule has 1 aliphatic carbocycles. The third-order valence-corrected chi connectivity index (χ3v) is 8.43. The minimum Gasteiger partial charge on any atom is -0.385 e. The Morgan fingerprint density at radius 2 is 1.86 bits per heavy atom. The van der Waals surface area contributed by atoms with Gasteiger partial charge in [0.25, 0.3) is 5.91 Å². The van der Waals surface area contributed by atoms with E-state index in [1.54, 1.807) is 20.0 Å². The number of alkyl halides is 3. The number of likely N-dealkylation sites (N-methyl/N-ethyl adjacent to an activating group) is 1. The smallest absolute Gasteiger partial charge is 0.385 e. The number of benzene rings is 2. The Balaban J connectivity index is 1.80. The van der Waals surface area contributed by atoms with Gasteiger partial charge in [0.2, 0.25) is 0 Å². The molecule has 1 fully saturated rings. The highest BCUT2D eigenvalue weighted by molar-refractivity contribution is 5.97. The molecule has 0 radical (unpaired) electrons. The van der Waals surface area contributed by atoms with Crippen LogP contribution in [0.3, 0.4) is 0 Å². The maximum atomic E-state index is 14.9. The lowest BCUT2D eigenvalue weighted by Gasteiger charge is -2.44. The standard InChI is InChI=1S/C33H45F3N6O/c1-6-18-39-26-15-11-9-12-22(26)21(4)40-28-19-27(23-13-8-10-14-25(23)37)41-31(42(28)5)24-17-16-20(3)29(32(43)38-7-2)30(24)33(34,35)36/h9,11-12,15-17,19,23,25,28,31,39-41H,4,6-8,10,13-14,18,37H2,1-3,5H3,(H,38,43). The SMILES string of the molecule is C=C(NC1C=C(C2CCCCC2N)NC(c2ccc(C)c(C(=O)NCC)c2C(F)(F)F)N1C)c1ccccc1NCCC. The molecule has 0 bridgehead atoms. The Morgan fingerprint density at radius 3 is 2.53 bits per heavy atom. The topological polar surface area (TPSA) is 94.5 Å². The molecule has 1 amide bonds. The first-order chi connectivity index (χ1) is 20.5. The van der Waals surface area contributed by atoms with Crippen LogP contribution in [-0.4, -0.2) is 43.2 Å². The Bertz CT molecular complexity index is 1340. The maximum Gasteiger partial charge on any atom is 0.417 e. The summed E-state index contributed by atoms with van der Waals surface area (Å²) in [5.74, 6) is -0.763. The fraction of sp³-hybridized carbons (Fsp3) is 0.485. The predicted octanol–water partition coefficient (Wildman–Crippen LogP) is 6.11. The molecule has 1 aliphatic heterocycles. The van der Waals surface area contributed by atoms with Crippen molar-refractivity contribution >= 4 is 17.3 Å². The molecule has 4 rings (SSSR count). The quantitative estimate of drug-likeness (QED) is 0.227. The molecule has 1 saturated carbocycles. The van der Waals surface area contributed by atoms with Crippen LogP contribution in [0.15, 0.2) is 54.8 Å². The van der Waals surface area contributed by atoms with Crippen molar-refractivity contribution < 1.29 is 18.0 Å². The highest BCUT2D eigenvalue weighted by Crippen LogP contribution is 2.42. The largest absolute Gasteiger partial charge is 0.417 e. The number of hydrogen-bond donors (Lipinski definition) is 5. The van der Waals surface area contributed by atoms with Crippen LogP contribution in [0.1, 0.15) is 84.7 Å². The molecule has 43 heavy (non-hydrogen) atoms. The summed E-state index contributed by atoms with van der Waals surface area (Å²) in [5.41, 5.74) is 8.82. The summed E-state index contributed by atoms with van der Waals surface area (Å²) in [4.78, 5) is 14.8. The zero-order chi connectivity index (χ0) is 31.3. The summed E-state index contributed by atoms with van der Waals surface area (Å²) in [7, 11) is 1.77. The number of anilines is 1. The van der Waals surface area contributed by atoms with Crippen LogP contribution in [0, 0.1) is 12.8 Å². The van der Waals surface area contributed by atoms with Crippen LogP contribution in [0.25, 0.3) is 5.70 Å². The zero-order valence-corrected chi connectivity index (χ0v) is 25.6. The highest BCUT2D eigenvalue weighted by Gasteiger charge is 2.43. The van der Waals surface area contributed by atoms with Gasteiger partial charge >= 0.3 is 6.18 Å². The Labute approximate surface area is 253 Å². The van der Waals surface area contributed by atoms with Gasteiger partial charge in [-0.1, -0.05) is 56.7 Å². The van der Waals surface area contributed by atoms with Gasteiger partial charge in [-0.25, -0.2) is 0 Å². The second kappa shape index (κ2) is 13.9. The number of carbonyl (C=O) groups is 1. The number of rotatable bonds is 10. The van der Waals surface area contributed by atoms with Crippen LogP contribution in [-0.2, 0) is 6.18 Å². The number of carbonyl (C=O) groups excluding carboxylic acids is 1. The Morgan fingerprint density at radius 1 is 1.14 bits per heavy atom. The number of para-hydroxylation sites is 1.